The second-order valence-electron chi connectivity index (χ2n) is 5.44. The molecule has 0 heterocycles. The molecule has 1 aromatic rings. The van der Waals surface area contributed by atoms with Gasteiger partial charge < -0.3 is 10.5 Å². The Kier molecular flexibility index (Phi) is 3.75. The van der Waals surface area contributed by atoms with E-state index in [2.05, 4.69) is 36.7 Å². The third kappa shape index (κ3) is 1.79. The first kappa shape index (κ1) is 13.9. The largest absolute Gasteiger partial charge is 0.495 e. The van der Waals surface area contributed by atoms with Gasteiger partial charge in [-0.25, -0.2) is 0 Å². The molecule has 1 aliphatic carbocycles. The molecule has 2 N–H and O–H groups in total. The Morgan fingerprint density at radius 1 is 1.17 bits per heavy atom. The smallest absolute Gasteiger partial charge is 0.136 e. The molecule has 3 heteroatoms. The molecule has 2 rings (SSSR count). The Morgan fingerprint density at radius 3 is 2.17 bits per heavy atom. The van der Waals surface area contributed by atoms with E-state index < -0.39 is 0 Å². The number of hydrogen-bond donors (Lipinski definition) is 1. The zero-order valence-electron chi connectivity index (χ0n) is 11.7. The van der Waals surface area contributed by atoms with Gasteiger partial charge in [0.1, 0.15) is 5.75 Å². The van der Waals surface area contributed by atoms with Gasteiger partial charge in [0.15, 0.2) is 0 Å². The van der Waals surface area contributed by atoms with Crippen LogP contribution >= 0.6 is 15.9 Å². The van der Waals surface area contributed by atoms with Gasteiger partial charge in [0.05, 0.1) is 11.6 Å². The maximum absolute atomic E-state index is 6.06. The van der Waals surface area contributed by atoms with Gasteiger partial charge in [-0.15, -0.1) is 0 Å². The van der Waals surface area contributed by atoms with Crippen LogP contribution in [0.2, 0.25) is 0 Å². The molecule has 0 radical (unpaired) electrons. The predicted molar refractivity (Wildman–Crippen MR) is 79.5 cm³/mol. The molecule has 1 fully saturated rings. The summed E-state index contributed by atoms with van der Waals surface area (Å²) in [6, 6.07) is 0. The van der Waals surface area contributed by atoms with Crippen LogP contribution in [0.4, 0.5) is 0 Å². The minimum absolute atomic E-state index is 0.202. The molecule has 0 saturated heterocycles. The topological polar surface area (TPSA) is 35.2 Å². The van der Waals surface area contributed by atoms with E-state index in [0.29, 0.717) is 0 Å². The number of nitrogens with two attached hydrogens (primary N) is 1. The normalized spacial score (nSPS) is 17.4. The summed E-state index contributed by atoms with van der Waals surface area (Å²) in [4.78, 5) is 0. The molecular formula is C15H22BrNO. The van der Waals surface area contributed by atoms with Gasteiger partial charge in [-0.2, -0.15) is 0 Å². The molecule has 0 spiro atoms. The zero-order chi connectivity index (χ0) is 13.5. The third-order valence-corrected chi connectivity index (χ3v) is 5.57. The molecule has 0 amide bonds. The number of benzene rings is 1. The number of halogens is 1. The second-order valence-corrected chi connectivity index (χ2v) is 6.23. The van der Waals surface area contributed by atoms with E-state index in [4.69, 9.17) is 10.5 Å². The van der Waals surface area contributed by atoms with Crippen LogP contribution in [0.25, 0.3) is 0 Å². The highest BCUT2D eigenvalue weighted by Gasteiger charge is 2.40. The molecule has 1 saturated carbocycles. The standard InChI is InChI=1S/C15H22BrNO/c1-9-10(2)14(18-4)13(16)11(3)12(9)15(8-17)6-5-7-15/h5-8,17H2,1-4H3. The summed E-state index contributed by atoms with van der Waals surface area (Å²) in [7, 11) is 1.73. The average Bonchev–Trinajstić information content (AvgIpc) is 2.31. The molecule has 0 unspecified atom stereocenters. The predicted octanol–water partition coefficient (Wildman–Crippen LogP) is 3.76. The van der Waals surface area contributed by atoms with Crippen molar-refractivity contribution >= 4 is 15.9 Å². The third-order valence-electron chi connectivity index (χ3n) is 4.62. The Bertz CT molecular complexity index is 443. The highest BCUT2D eigenvalue weighted by molar-refractivity contribution is 9.10. The van der Waals surface area contributed by atoms with Crippen molar-refractivity contribution in [2.24, 2.45) is 5.73 Å². The maximum atomic E-state index is 6.06. The quantitative estimate of drug-likeness (QED) is 0.922. The summed E-state index contributed by atoms with van der Waals surface area (Å²) in [5, 5.41) is 0. The van der Waals surface area contributed by atoms with E-state index in [9.17, 15) is 0 Å². The molecule has 0 aromatic heterocycles. The number of hydrogen-bond acceptors (Lipinski definition) is 2. The van der Waals surface area contributed by atoms with Crippen molar-refractivity contribution in [2.75, 3.05) is 13.7 Å². The summed E-state index contributed by atoms with van der Waals surface area (Å²) < 4.78 is 6.60. The van der Waals surface area contributed by atoms with Crippen LogP contribution in [0.15, 0.2) is 4.47 Å². The van der Waals surface area contributed by atoms with Crippen LogP contribution < -0.4 is 10.5 Å². The Hall–Kier alpha value is -0.540. The van der Waals surface area contributed by atoms with Crippen LogP contribution in [0, 0.1) is 20.8 Å². The number of methoxy groups -OCH3 is 1. The highest BCUT2D eigenvalue weighted by atomic mass is 79.9. The van der Waals surface area contributed by atoms with Crippen LogP contribution in [0.3, 0.4) is 0 Å². The summed E-state index contributed by atoms with van der Waals surface area (Å²) >= 11 is 3.69. The van der Waals surface area contributed by atoms with Crippen LogP contribution in [0.1, 0.15) is 41.5 Å². The molecule has 1 aliphatic rings. The Balaban J connectivity index is 2.69. The lowest BCUT2D eigenvalue weighted by Crippen LogP contribution is -2.43. The first-order valence-electron chi connectivity index (χ1n) is 6.52. The van der Waals surface area contributed by atoms with Crippen molar-refractivity contribution in [3.8, 4) is 5.75 Å². The number of ether oxygens (including phenoxy) is 1. The molecule has 18 heavy (non-hydrogen) atoms. The molecule has 0 bridgehead atoms. The van der Waals surface area contributed by atoms with Crippen LogP contribution in [0.5, 0.6) is 5.75 Å². The summed E-state index contributed by atoms with van der Waals surface area (Å²) in [5.74, 6) is 0.959. The SMILES string of the molecule is COc1c(C)c(C)c(C2(CN)CCC2)c(C)c1Br. The maximum Gasteiger partial charge on any atom is 0.136 e. The summed E-state index contributed by atoms with van der Waals surface area (Å²) in [6.07, 6.45) is 3.71. The van der Waals surface area contributed by atoms with Crippen LogP contribution in [-0.2, 0) is 5.41 Å². The second kappa shape index (κ2) is 4.86. The van der Waals surface area contributed by atoms with E-state index in [0.717, 1.165) is 16.8 Å². The average molecular weight is 312 g/mol. The summed E-state index contributed by atoms with van der Waals surface area (Å²) in [5.41, 5.74) is 11.6. The van der Waals surface area contributed by atoms with E-state index in [1.54, 1.807) is 7.11 Å². The highest BCUT2D eigenvalue weighted by Crippen LogP contribution is 2.49. The van der Waals surface area contributed by atoms with Gasteiger partial charge in [-0.3, -0.25) is 0 Å². The first-order chi connectivity index (χ1) is 8.48. The molecule has 2 nitrogen and oxygen atoms in total. The number of rotatable bonds is 3. The minimum atomic E-state index is 0.202. The van der Waals surface area contributed by atoms with Crippen molar-refractivity contribution in [1.29, 1.82) is 0 Å². The van der Waals surface area contributed by atoms with E-state index in [1.165, 1.54) is 41.5 Å². The van der Waals surface area contributed by atoms with E-state index >= 15 is 0 Å². The molecule has 0 atom stereocenters. The van der Waals surface area contributed by atoms with Crippen molar-refractivity contribution in [1.82, 2.24) is 0 Å². The van der Waals surface area contributed by atoms with Gasteiger partial charge in [-0.05, 0) is 71.8 Å². The fourth-order valence-electron chi connectivity index (χ4n) is 3.28. The lowest BCUT2D eigenvalue weighted by Gasteiger charge is -2.44. The van der Waals surface area contributed by atoms with Crippen molar-refractivity contribution in [3.63, 3.8) is 0 Å². The van der Waals surface area contributed by atoms with Gasteiger partial charge in [0.25, 0.3) is 0 Å². The van der Waals surface area contributed by atoms with Crippen molar-refractivity contribution < 1.29 is 4.74 Å². The lowest BCUT2D eigenvalue weighted by atomic mass is 9.62. The van der Waals surface area contributed by atoms with Gasteiger partial charge in [-0.1, -0.05) is 6.42 Å². The zero-order valence-corrected chi connectivity index (χ0v) is 13.3. The monoisotopic (exact) mass is 311 g/mol. The fourth-order valence-corrected chi connectivity index (χ4v) is 3.94. The molecule has 1 aromatic carbocycles. The lowest BCUT2D eigenvalue weighted by molar-refractivity contribution is 0.250. The molecule has 0 aliphatic heterocycles. The molecule has 100 valence electrons. The van der Waals surface area contributed by atoms with Crippen molar-refractivity contribution in [2.45, 2.75) is 45.4 Å². The van der Waals surface area contributed by atoms with E-state index in [1.807, 2.05) is 0 Å². The fraction of sp³-hybridized carbons (Fsp3) is 0.600. The van der Waals surface area contributed by atoms with Gasteiger partial charge in [0.2, 0.25) is 0 Å². The Labute approximate surface area is 118 Å². The van der Waals surface area contributed by atoms with Gasteiger partial charge >= 0.3 is 0 Å². The first-order valence-corrected chi connectivity index (χ1v) is 7.31. The summed E-state index contributed by atoms with van der Waals surface area (Å²) in [6.45, 7) is 7.24. The van der Waals surface area contributed by atoms with Gasteiger partial charge in [0, 0.05) is 12.0 Å². The van der Waals surface area contributed by atoms with Crippen molar-refractivity contribution in [3.05, 3.63) is 26.7 Å². The Morgan fingerprint density at radius 2 is 1.78 bits per heavy atom. The van der Waals surface area contributed by atoms with E-state index in [-0.39, 0.29) is 5.41 Å². The molecular weight excluding hydrogens is 290 g/mol. The minimum Gasteiger partial charge on any atom is -0.495 e. The van der Waals surface area contributed by atoms with Crippen LogP contribution in [-0.4, -0.2) is 13.7 Å².